The van der Waals surface area contributed by atoms with E-state index in [0.29, 0.717) is 31.1 Å². The van der Waals surface area contributed by atoms with E-state index < -0.39 is 10.0 Å². The van der Waals surface area contributed by atoms with Crippen molar-refractivity contribution < 1.29 is 13.3 Å². The third-order valence-corrected chi connectivity index (χ3v) is 7.06. The Bertz CT molecular complexity index is 727. The molecule has 146 valence electrons. The minimum Gasteiger partial charge on any atom is -0.362 e. The predicted octanol–water partition coefficient (Wildman–Crippen LogP) is 0.0188. The molecule has 0 atom stereocenters. The first-order valence-corrected chi connectivity index (χ1v) is 11.0. The summed E-state index contributed by atoms with van der Waals surface area (Å²) in [4.78, 5) is 3.90. The van der Waals surface area contributed by atoms with E-state index in [1.807, 2.05) is 26.0 Å². The molecule has 0 amide bonds. The normalized spacial score (nSPS) is 16.1. The summed E-state index contributed by atoms with van der Waals surface area (Å²) in [5.74, 6) is 0. The number of hydrogen-bond donors (Lipinski definition) is 2. The lowest BCUT2D eigenvalue weighted by Gasteiger charge is -2.35. The first-order valence-electron chi connectivity index (χ1n) is 9.11. The average Bonchev–Trinajstić information content (AvgIpc) is 2.60. The summed E-state index contributed by atoms with van der Waals surface area (Å²) in [6.07, 6.45) is 1.06. The lowest BCUT2D eigenvalue weighted by molar-refractivity contribution is -0.858. The van der Waals surface area contributed by atoms with Crippen LogP contribution in [0.5, 0.6) is 0 Å². The molecule has 2 N–H and O–H groups in total. The van der Waals surface area contributed by atoms with Crippen molar-refractivity contribution in [2.75, 3.05) is 53.4 Å². The van der Waals surface area contributed by atoms with Crippen molar-refractivity contribution in [3.63, 3.8) is 0 Å². The molecule has 0 unspecified atom stereocenters. The van der Waals surface area contributed by atoms with Gasteiger partial charge in [-0.1, -0.05) is 12.1 Å². The molecule has 0 radical (unpaired) electrons. The van der Waals surface area contributed by atoms with Crippen LogP contribution in [0, 0.1) is 13.8 Å². The van der Waals surface area contributed by atoms with Crippen molar-refractivity contribution >= 4 is 27.4 Å². The Labute approximate surface area is 163 Å². The Hall–Kier alpha value is -1.22. The van der Waals surface area contributed by atoms with E-state index in [0.717, 1.165) is 35.7 Å². The van der Waals surface area contributed by atoms with Gasteiger partial charge >= 0.3 is 0 Å². The Kier molecular flexibility index (Phi) is 7.40. The van der Waals surface area contributed by atoms with Gasteiger partial charge in [0.05, 0.1) is 25.5 Å². The van der Waals surface area contributed by atoms with Crippen LogP contribution in [-0.4, -0.2) is 76.1 Å². The Morgan fingerprint density at radius 1 is 1.19 bits per heavy atom. The second kappa shape index (κ2) is 9.12. The molecule has 0 aromatic heterocycles. The molecule has 2 rings (SSSR count). The van der Waals surface area contributed by atoms with Crippen molar-refractivity contribution in [3.8, 4) is 0 Å². The molecule has 8 heteroatoms. The van der Waals surface area contributed by atoms with Gasteiger partial charge in [-0.2, -0.15) is 4.31 Å². The van der Waals surface area contributed by atoms with Gasteiger partial charge in [-0.3, -0.25) is 0 Å². The molecule has 6 nitrogen and oxygen atoms in total. The molecule has 1 saturated heterocycles. The van der Waals surface area contributed by atoms with Gasteiger partial charge in [-0.05, 0) is 43.3 Å². The van der Waals surface area contributed by atoms with E-state index in [-0.39, 0.29) is 0 Å². The molecule has 1 aromatic rings. The van der Waals surface area contributed by atoms with Crippen LogP contribution in [-0.2, 0) is 10.0 Å². The van der Waals surface area contributed by atoms with Gasteiger partial charge < -0.3 is 15.1 Å². The monoisotopic (exact) mass is 399 g/mol. The van der Waals surface area contributed by atoms with E-state index in [1.54, 1.807) is 10.4 Å². The van der Waals surface area contributed by atoms with Crippen LogP contribution in [0.25, 0.3) is 0 Å². The van der Waals surface area contributed by atoms with Crippen LogP contribution in [0.2, 0.25) is 0 Å². The number of benzene rings is 1. The number of quaternary nitrogens is 1. The number of piperazine rings is 1. The lowest BCUT2D eigenvalue weighted by Crippen LogP contribution is -3.05. The summed E-state index contributed by atoms with van der Waals surface area (Å²) >= 11 is 5.46. The van der Waals surface area contributed by atoms with Crippen molar-refractivity contribution in [2.24, 2.45) is 0 Å². The second-order valence-electron chi connectivity index (χ2n) is 7.20. The van der Waals surface area contributed by atoms with Gasteiger partial charge in [0, 0.05) is 39.1 Å². The number of hydrogen-bond acceptors (Lipinski definition) is 3. The molecule has 1 aliphatic heterocycles. The fourth-order valence-electron chi connectivity index (χ4n) is 3.00. The minimum absolute atomic E-state index is 0.415. The van der Waals surface area contributed by atoms with E-state index in [9.17, 15) is 8.42 Å². The Morgan fingerprint density at radius 2 is 1.85 bits per heavy atom. The smallest absolute Gasteiger partial charge is 0.243 e. The summed E-state index contributed by atoms with van der Waals surface area (Å²) in [6, 6.07) is 5.57. The second-order valence-corrected chi connectivity index (χ2v) is 9.50. The van der Waals surface area contributed by atoms with Gasteiger partial charge in [0.1, 0.15) is 0 Å². The molecule has 1 fully saturated rings. The zero-order valence-electron chi connectivity index (χ0n) is 16.2. The highest BCUT2D eigenvalue weighted by Crippen LogP contribution is 2.22. The zero-order chi connectivity index (χ0) is 19.3. The van der Waals surface area contributed by atoms with E-state index in [1.165, 1.54) is 4.90 Å². The fourth-order valence-corrected chi connectivity index (χ4v) is 5.02. The highest BCUT2D eigenvalue weighted by Gasteiger charge is 2.30. The quantitative estimate of drug-likeness (QED) is 0.522. The molecular weight excluding hydrogens is 368 g/mol. The minimum atomic E-state index is -3.45. The number of rotatable bonds is 6. The highest BCUT2D eigenvalue weighted by atomic mass is 32.2. The number of thiocarbonyl (C=S) groups is 1. The first-order chi connectivity index (χ1) is 12.2. The van der Waals surface area contributed by atoms with Crippen LogP contribution in [0.4, 0.5) is 0 Å². The average molecular weight is 400 g/mol. The van der Waals surface area contributed by atoms with Crippen LogP contribution < -0.4 is 10.2 Å². The molecule has 0 bridgehead atoms. The third kappa shape index (κ3) is 5.39. The van der Waals surface area contributed by atoms with Gasteiger partial charge in [-0.15, -0.1) is 0 Å². The van der Waals surface area contributed by atoms with Crippen molar-refractivity contribution in [1.82, 2.24) is 14.5 Å². The molecule has 0 aliphatic carbocycles. The molecule has 1 heterocycles. The fraction of sp³-hybridized carbons (Fsp3) is 0.611. The van der Waals surface area contributed by atoms with Crippen LogP contribution in [0.15, 0.2) is 23.1 Å². The van der Waals surface area contributed by atoms with Crippen molar-refractivity contribution in [3.05, 3.63) is 29.3 Å². The first kappa shape index (κ1) is 21.1. The third-order valence-electron chi connectivity index (χ3n) is 4.62. The number of nitrogens with one attached hydrogen (secondary N) is 2. The molecular formula is C18H31N4O2S2+. The Morgan fingerprint density at radius 3 is 2.46 bits per heavy atom. The molecule has 0 spiro atoms. The maximum atomic E-state index is 13.0. The number of sulfonamides is 1. The van der Waals surface area contributed by atoms with Gasteiger partial charge in [0.2, 0.25) is 10.0 Å². The summed E-state index contributed by atoms with van der Waals surface area (Å²) in [5.41, 5.74) is 1.75. The Balaban J connectivity index is 1.91. The zero-order valence-corrected chi connectivity index (χ0v) is 17.8. The van der Waals surface area contributed by atoms with Crippen molar-refractivity contribution in [2.45, 2.75) is 25.2 Å². The largest absolute Gasteiger partial charge is 0.362 e. The standard InChI is InChI=1S/C18H30N4O2S2/c1-15-6-7-16(2)17(14-15)26(23,24)22-12-10-21(11-13-22)18(25)19-8-5-9-20(3)4/h6-7,14H,5,8-13H2,1-4H3,(H,19,25)/p+1. The van der Waals surface area contributed by atoms with E-state index in [4.69, 9.17) is 12.2 Å². The van der Waals surface area contributed by atoms with E-state index in [2.05, 4.69) is 24.3 Å². The summed E-state index contributed by atoms with van der Waals surface area (Å²) in [5, 5.41) is 4.01. The van der Waals surface area contributed by atoms with Crippen molar-refractivity contribution in [1.29, 1.82) is 0 Å². The molecule has 1 aromatic carbocycles. The lowest BCUT2D eigenvalue weighted by atomic mass is 10.2. The van der Waals surface area contributed by atoms with Gasteiger partial charge in [-0.25, -0.2) is 8.42 Å². The summed E-state index contributed by atoms with van der Waals surface area (Å²) in [6.45, 7) is 7.86. The number of nitrogens with zero attached hydrogens (tertiary/aromatic N) is 2. The van der Waals surface area contributed by atoms with Crippen LogP contribution >= 0.6 is 12.2 Å². The maximum Gasteiger partial charge on any atom is 0.243 e. The summed E-state index contributed by atoms with van der Waals surface area (Å²) < 4.78 is 27.5. The van der Waals surface area contributed by atoms with Gasteiger partial charge in [0.15, 0.2) is 5.11 Å². The number of aryl methyl sites for hydroxylation is 2. The van der Waals surface area contributed by atoms with Crippen LogP contribution in [0.1, 0.15) is 17.5 Å². The molecule has 26 heavy (non-hydrogen) atoms. The van der Waals surface area contributed by atoms with Crippen LogP contribution in [0.3, 0.4) is 0 Å². The predicted molar refractivity (Wildman–Crippen MR) is 109 cm³/mol. The topological polar surface area (TPSA) is 57.1 Å². The van der Waals surface area contributed by atoms with Gasteiger partial charge in [0.25, 0.3) is 0 Å². The van der Waals surface area contributed by atoms with E-state index >= 15 is 0 Å². The molecule has 1 aliphatic rings. The SMILES string of the molecule is Cc1ccc(C)c(S(=O)(=O)N2CCN(C(=S)NCCC[NH+](C)C)CC2)c1. The highest BCUT2D eigenvalue weighted by molar-refractivity contribution is 7.89. The molecule has 0 saturated carbocycles. The maximum absolute atomic E-state index is 13.0. The summed E-state index contributed by atoms with van der Waals surface area (Å²) in [7, 11) is 0.811.